The van der Waals surface area contributed by atoms with E-state index in [1.54, 1.807) is 0 Å². The van der Waals surface area contributed by atoms with Crippen LogP contribution in [0.5, 0.6) is 0 Å². The molecular weight excluding hydrogens is 344 g/mol. The van der Waals surface area contributed by atoms with Gasteiger partial charge in [0.2, 0.25) is 0 Å². The summed E-state index contributed by atoms with van der Waals surface area (Å²) in [5.74, 6) is 3.48. The third-order valence-corrected chi connectivity index (χ3v) is 6.24. The van der Waals surface area contributed by atoms with Gasteiger partial charge in [-0.2, -0.15) is 0 Å². The summed E-state index contributed by atoms with van der Waals surface area (Å²) in [5, 5.41) is 2.47. The predicted octanol–water partition coefficient (Wildman–Crippen LogP) is 5.06. The number of aryl methyl sites for hydroxylation is 3. The molecule has 2 aromatic carbocycles. The first kappa shape index (κ1) is 16.2. The van der Waals surface area contributed by atoms with Gasteiger partial charge in [0.15, 0.2) is 0 Å². The van der Waals surface area contributed by atoms with Crippen molar-refractivity contribution in [2.75, 3.05) is 0 Å². The Bertz CT molecular complexity index is 1170. The molecular formula is C24H24N4. The van der Waals surface area contributed by atoms with Crippen molar-refractivity contribution in [1.82, 2.24) is 19.5 Å². The third kappa shape index (κ3) is 2.79. The Morgan fingerprint density at radius 3 is 2.29 bits per heavy atom. The Kier molecular flexibility index (Phi) is 3.55. The van der Waals surface area contributed by atoms with E-state index in [-0.39, 0.29) is 0 Å². The van der Waals surface area contributed by atoms with Crippen LogP contribution in [0.4, 0.5) is 0 Å². The number of imidazole rings is 1. The number of fused-ring (bicyclic) bond motifs is 3. The van der Waals surface area contributed by atoms with Crippen molar-refractivity contribution in [3.63, 3.8) is 0 Å². The van der Waals surface area contributed by atoms with Gasteiger partial charge in [0, 0.05) is 48.5 Å². The molecule has 0 atom stereocenters. The summed E-state index contributed by atoms with van der Waals surface area (Å²) >= 11 is 0. The van der Waals surface area contributed by atoms with Gasteiger partial charge in [0.25, 0.3) is 0 Å². The first-order valence-electron chi connectivity index (χ1n) is 10.5. The van der Waals surface area contributed by atoms with Gasteiger partial charge in [-0.3, -0.25) is 0 Å². The van der Waals surface area contributed by atoms with E-state index in [1.807, 2.05) is 0 Å². The lowest BCUT2D eigenvalue weighted by molar-refractivity contribution is 0.742. The minimum Gasteiger partial charge on any atom is -0.331 e. The lowest BCUT2D eigenvalue weighted by Crippen LogP contribution is -2.06. The molecule has 28 heavy (non-hydrogen) atoms. The maximum absolute atomic E-state index is 5.00. The van der Waals surface area contributed by atoms with Gasteiger partial charge in [0.1, 0.15) is 11.6 Å². The lowest BCUT2D eigenvalue weighted by atomic mass is 10.1. The van der Waals surface area contributed by atoms with Gasteiger partial charge < -0.3 is 4.57 Å². The molecule has 140 valence electrons. The van der Waals surface area contributed by atoms with Crippen molar-refractivity contribution in [1.29, 1.82) is 0 Å². The van der Waals surface area contributed by atoms with Gasteiger partial charge in [-0.15, -0.1) is 0 Å². The number of aromatic nitrogens is 4. The molecule has 4 heteroatoms. The molecule has 6 rings (SSSR count). The molecule has 0 aliphatic heterocycles. The highest BCUT2D eigenvalue weighted by molar-refractivity contribution is 6.04. The first-order valence-corrected chi connectivity index (χ1v) is 10.5. The molecule has 0 unspecified atom stereocenters. The Hall–Kier alpha value is -2.75. The van der Waals surface area contributed by atoms with E-state index in [1.165, 1.54) is 53.4 Å². The maximum atomic E-state index is 5.00. The van der Waals surface area contributed by atoms with Crippen molar-refractivity contribution in [2.45, 2.75) is 50.4 Å². The van der Waals surface area contributed by atoms with Crippen LogP contribution in [0.15, 0.2) is 42.5 Å². The molecule has 0 radical (unpaired) electrons. The molecule has 0 amide bonds. The normalized spacial score (nSPS) is 16.9. The highest BCUT2D eigenvalue weighted by Gasteiger charge is 2.30. The summed E-state index contributed by atoms with van der Waals surface area (Å²) in [7, 11) is 2.12. The molecule has 2 saturated carbocycles. The van der Waals surface area contributed by atoms with Gasteiger partial charge in [-0.05, 0) is 43.2 Å². The van der Waals surface area contributed by atoms with Gasteiger partial charge >= 0.3 is 0 Å². The molecule has 4 aromatic rings. The molecule has 2 aromatic heterocycles. The van der Waals surface area contributed by atoms with E-state index >= 15 is 0 Å². The lowest BCUT2D eigenvalue weighted by Gasteiger charge is -2.07. The summed E-state index contributed by atoms with van der Waals surface area (Å²) in [6.07, 6.45) is 6.89. The van der Waals surface area contributed by atoms with Crippen LogP contribution >= 0.6 is 0 Å². The minimum absolute atomic E-state index is 0.682. The van der Waals surface area contributed by atoms with Crippen molar-refractivity contribution in [3.8, 4) is 0 Å². The van der Waals surface area contributed by atoms with Crippen LogP contribution in [0.25, 0.3) is 21.8 Å². The predicted molar refractivity (Wildman–Crippen MR) is 112 cm³/mol. The van der Waals surface area contributed by atoms with E-state index in [0.717, 1.165) is 30.0 Å². The average molecular weight is 368 g/mol. The zero-order chi connectivity index (χ0) is 18.7. The zero-order valence-corrected chi connectivity index (χ0v) is 16.2. The summed E-state index contributed by atoms with van der Waals surface area (Å²) in [4.78, 5) is 14.8. The molecule has 0 N–H and O–H groups in total. The Labute approximate surface area is 164 Å². The molecule has 2 aliphatic carbocycles. The van der Waals surface area contributed by atoms with Crippen LogP contribution in [0.1, 0.15) is 60.6 Å². The molecule has 0 bridgehead atoms. The fourth-order valence-electron chi connectivity index (χ4n) is 4.25. The van der Waals surface area contributed by atoms with Crippen LogP contribution in [0.2, 0.25) is 0 Å². The summed E-state index contributed by atoms with van der Waals surface area (Å²) in [5.41, 5.74) is 4.85. The molecule has 0 spiro atoms. The van der Waals surface area contributed by atoms with Crippen LogP contribution in [-0.2, 0) is 19.9 Å². The fourth-order valence-corrected chi connectivity index (χ4v) is 4.25. The second kappa shape index (κ2) is 6.13. The number of rotatable bonds is 5. The van der Waals surface area contributed by atoms with Crippen LogP contribution < -0.4 is 0 Å². The SMILES string of the molecule is Cn1c(CCc2nc(C3CC3)cc(C3CC3)n2)nc2c3ccccc3ccc21. The monoisotopic (exact) mass is 368 g/mol. The maximum Gasteiger partial charge on any atom is 0.129 e. The fraction of sp³-hybridized carbons (Fsp3) is 0.375. The molecule has 2 heterocycles. The van der Waals surface area contributed by atoms with Crippen LogP contribution in [0.3, 0.4) is 0 Å². The van der Waals surface area contributed by atoms with Crippen molar-refractivity contribution in [3.05, 3.63) is 65.5 Å². The van der Waals surface area contributed by atoms with Crippen molar-refractivity contribution in [2.24, 2.45) is 7.05 Å². The van der Waals surface area contributed by atoms with Gasteiger partial charge in [-0.25, -0.2) is 15.0 Å². The van der Waals surface area contributed by atoms with Crippen LogP contribution in [0, 0.1) is 0 Å². The number of hydrogen-bond acceptors (Lipinski definition) is 3. The standard InChI is InChI=1S/C24H24N4/c1-28-21-11-10-15-4-2-3-5-18(15)24(21)27-23(28)13-12-22-25-19(16-6-7-16)14-20(26-22)17-8-9-17/h2-5,10-11,14,16-17H,6-9,12-13H2,1H3. The van der Waals surface area contributed by atoms with Crippen LogP contribution in [-0.4, -0.2) is 19.5 Å². The highest BCUT2D eigenvalue weighted by atomic mass is 15.1. The molecule has 4 nitrogen and oxygen atoms in total. The van der Waals surface area contributed by atoms with E-state index in [2.05, 4.69) is 54.1 Å². The quantitative estimate of drug-likeness (QED) is 0.495. The number of nitrogens with zero attached hydrogens (tertiary/aromatic N) is 4. The average Bonchev–Trinajstić information content (AvgIpc) is 3.63. The summed E-state index contributed by atoms with van der Waals surface area (Å²) in [6, 6.07) is 15.1. The summed E-state index contributed by atoms with van der Waals surface area (Å²) in [6.45, 7) is 0. The third-order valence-electron chi connectivity index (χ3n) is 6.24. The van der Waals surface area contributed by atoms with Crippen molar-refractivity contribution >= 4 is 21.8 Å². The molecule has 2 aliphatic rings. The van der Waals surface area contributed by atoms with E-state index < -0.39 is 0 Å². The van der Waals surface area contributed by atoms with E-state index in [4.69, 9.17) is 15.0 Å². The summed E-state index contributed by atoms with van der Waals surface area (Å²) < 4.78 is 2.23. The topological polar surface area (TPSA) is 43.6 Å². The first-order chi connectivity index (χ1) is 13.8. The van der Waals surface area contributed by atoms with E-state index in [9.17, 15) is 0 Å². The molecule has 2 fully saturated rings. The number of benzene rings is 2. The Balaban J connectivity index is 1.33. The largest absolute Gasteiger partial charge is 0.331 e. The van der Waals surface area contributed by atoms with Crippen molar-refractivity contribution < 1.29 is 0 Å². The zero-order valence-electron chi connectivity index (χ0n) is 16.2. The number of hydrogen-bond donors (Lipinski definition) is 0. The highest BCUT2D eigenvalue weighted by Crippen LogP contribution is 2.43. The van der Waals surface area contributed by atoms with Gasteiger partial charge in [0.05, 0.1) is 11.0 Å². The van der Waals surface area contributed by atoms with Gasteiger partial charge in [-0.1, -0.05) is 30.3 Å². The second-order valence-corrected chi connectivity index (χ2v) is 8.42. The second-order valence-electron chi connectivity index (χ2n) is 8.42. The Morgan fingerprint density at radius 2 is 1.57 bits per heavy atom. The smallest absolute Gasteiger partial charge is 0.129 e. The minimum atomic E-state index is 0.682. The van der Waals surface area contributed by atoms with E-state index in [0.29, 0.717) is 11.8 Å². The molecule has 0 saturated heterocycles. The Morgan fingerprint density at radius 1 is 0.857 bits per heavy atom.